The van der Waals surface area contributed by atoms with E-state index in [9.17, 15) is 13.2 Å². The fourth-order valence-electron chi connectivity index (χ4n) is 6.63. The molecule has 8 nitrogen and oxygen atoms in total. The molecule has 6 aromatic carbocycles. The van der Waals surface area contributed by atoms with Crippen LogP contribution in [0.25, 0.3) is 67.3 Å². The van der Waals surface area contributed by atoms with Crippen molar-refractivity contribution in [3.63, 3.8) is 0 Å². The Bertz CT molecular complexity index is 3020. The Morgan fingerprint density at radius 1 is 0.439 bits per heavy atom. The zero-order valence-electron chi connectivity index (χ0n) is 29.6. The molecule has 0 radical (unpaired) electrons. The standard InChI is InChI=1S/C22H13ClF2N4.C22H14ClFN4/c23-15-2-8-21(18(25)12-15)28-13-26-19-7-1-14(11-22(19)28)20-9-10-27-29(20)17-5-3-16(24)4-6-17;23-16-2-6-18(7-3-16)27-14-25-20-10-1-15(13-22(20)27)21-11-12-26-28(21)19-8-4-17(24)5-9-19/h1-13H;1-14H. The highest BCUT2D eigenvalue weighted by Gasteiger charge is 2.15. The molecule has 0 N–H and O–H groups in total. The van der Waals surface area contributed by atoms with E-state index in [0.717, 1.165) is 61.6 Å². The van der Waals surface area contributed by atoms with E-state index in [1.807, 2.05) is 71.3 Å². The Morgan fingerprint density at radius 2 is 0.912 bits per heavy atom. The summed E-state index contributed by atoms with van der Waals surface area (Å²) in [6.45, 7) is 0. The predicted molar refractivity (Wildman–Crippen MR) is 217 cm³/mol. The molecule has 0 saturated heterocycles. The fraction of sp³-hybridized carbons (Fsp3) is 0. The number of benzene rings is 6. The summed E-state index contributed by atoms with van der Waals surface area (Å²) in [5.41, 5.74) is 9.83. The van der Waals surface area contributed by atoms with Gasteiger partial charge in [-0.2, -0.15) is 10.2 Å². The molecule has 0 aliphatic carbocycles. The smallest absolute Gasteiger partial charge is 0.148 e. The second-order valence-corrected chi connectivity index (χ2v) is 13.8. The molecule has 278 valence electrons. The van der Waals surface area contributed by atoms with Crippen LogP contribution >= 0.6 is 23.2 Å². The van der Waals surface area contributed by atoms with Crippen molar-refractivity contribution in [3.05, 3.63) is 192 Å². The number of halogens is 5. The van der Waals surface area contributed by atoms with E-state index >= 15 is 0 Å². The van der Waals surface area contributed by atoms with Gasteiger partial charge in [-0.15, -0.1) is 0 Å². The Kier molecular flexibility index (Phi) is 9.37. The van der Waals surface area contributed by atoms with Crippen LogP contribution in [0.4, 0.5) is 13.2 Å². The zero-order valence-corrected chi connectivity index (χ0v) is 31.1. The quantitative estimate of drug-likeness (QED) is 0.168. The van der Waals surface area contributed by atoms with Crippen LogP contribution in [-0.4, -0.2) is 38.7 Å². The molecule has 0 atom stereocenters. The van der Waals surface area contributed by atoms with Crippen molar-refractivity contribution in [3.8, 4) is 45.3 Å². The third-order valence-electron chi connectivity index (χ3n) is 9.39. The van der Waals surface area contributed by atoms with Gasteiger partial charge in [0.05, 0.1) is 62.9 Å². The lowest BCUT2D eigenvalue weighted by molar-refractivity contribution is 0.619. The number of fused-ring (bicyclic) bond motifs is 2. The van der Waals surface area contributed by atoms with Crippen molar-refractivity contribution < 1.29 is 13.2 Å². The van der Waals surface area contributed by atoms with E-state index < -0.39 is 5.82 Å². The number of imidazole rings is 2. The van der Waals surface area contributed by atoms with Crippen LogP contribution in [0.15, 0.2) is 165 Å². The van der Waals surface area contributed by atoms with Gasteiger partial charge in [0, 0.05) is 26.9 Å². The molecule has 0 bridgehead atoms. The highest BCUT2D eigenvalue weighted by atomic mass is 35.5. The minimum atomic E-state index is -0.432. The predicted octanol–water partition coefficient (Wildman–Crippen LogP) is 11.5. The Morgan fingerprint density at radius 3 is 1.44 bits per heavy atom. The first-order chi connectivity index (χ1) is 27.8. The normalized spacial score (nSPS) is 11.2. The summed E-state index contributed by atoms with van der Waals surface area (Å²) in [5.74, 6) is -1.01. The maximum absolute atomic E-state index is 14.5. The van der Waals surface area contributed by atoms with Gasteiger partial charge >= 0.3 is 0 Å². The number of aromatic nitrogens is 8. The monoisotopic (exact) mass is 794 g/mol. The summed E-state index contributed by atoms with van der Waals surface area (Å²) in [6.07, 6.45) is 6.80. The van der Waals surface area contributed by atoms with Gasteiger partial charge in [-0.25, -0.2) is 32.5 Å². The number of hydrogen-bond acceptors (Lipinski definition) is 4. The minimum absolute atomic E-state index is 0.272. The van der Waals surface area contributed by atoms with Crippen molar-refractivity contribution in [2.24, 2.45) is 0 Å². The highest BCUT2D eigenvalue weighted by Crippen LogP contribution is 2.30. The molecule has 0 saturated carbocycles. The molecule has 0 amide bonds. The molecule has 10 rings (SSSR count). The van der Waals surface area contributed by atoms with Crippen molar-refractivity contribution in [2.45, 2.75) is 0 Å². The fourth-order valence-corrected chi connectivity index (χ4v) is 6.91. The average Bonchev–Trinajstić information content (AvgIpc) is 4.06. The highest BCUT2D eigenvalue weighted by molar-refractivity contribution is 6.30. The summed E-state index contributed by atoms with van der Waals surface area (Å²) < 4.78 is 48.2. The van der Waals surface area contributed by atoms with E-state index in [-0.39, 0.29) is 11.6 Å². The second-order valence-electron chi connectivity index (χ2n) is 12.9. The molecule has 0 aliphatic rings. The van der Waals surface area contributed by atoms with Crippen LogP contribution in [0.3, 0.4) is 0 Å². The largest absolute Gasteiger partial charge is 0.299 e. The van der Waals surface area contributed by atoms with Crippen molar-refractivity contribution in [1.29, 1.82) is 0 Å². The number of hydrogen-bond donors (Lipinski definition) is 0. The Balaban J connectivity index is 0.000000148. The lowest BCUT2D eigenvalue weighted by Gasteiger charge is -2.10. The number of nitrogens with zero attached hydrogens (tertiary/aromatic N) is 8. The maximum Gasteiger partial charge on any atom is 0.148 e. The first-order valence-corrected chi connectivity index (χ1v) is 18.3. The van der Waals surface area contributed by atoms with Gasteiger partial charge in [0.2, 0.25) is 0 Å². The van der Waals surface area contributed by atoms with E-state index in [2.05, 4.69) is 26.2 Å². The van der Waals surface area contributed by atoms with Crippen LogP contribution < -0.4 is 0 Å². The van der Waals surface area contributed by atoms with Crippen molar-refractivity contribution in [1.82, 2.24) is 38.7 Å². The third-order valence-corrected chi connectivity index (χ3v) is 9.87. The van der Waals surface area contributed by atoms with Crippen molar-refractivity contribution in [2.75, 3.05) is 0 Å². The topological polar surface area (TPSA) is 71.3 Å². The van der Waals surface area contributed by atoms with Crippen LogP contribution in [0.1, 0.15) is 0 Å². The van der Waals surface area contributed by atoms with Crippen LogP contribution in [0, 0.1) is 17.5 Å². The van der Waals surface area contributed by atoms with Gasteiger partial charge < -0.3 is 0 Å². The molecule has 0 spiro atoms. The molecule has 4 heterocycles. The Labute approximate surface area is 333 Å². The van der Waals surface area contributed by atoms with E-state index in [4.69, 9.17) is 23.2 Å². The van der Waals surface area contributed by atoms with Crippen molar-refractivity contribution >= 4 is 45.3 Å². The first-order valence-electron chi connectivity index (χ1n) is 17.6. The average molecular weight is 796 g/mol. The molecular formula is C44H27Cl2F3N8. The molecular weight excluding hydrogens is 768 g/mol. The lowest BCUT2D eigenvalue weighted by Crippen LogP contribution is -1.99. The summed E-state index contributed by atoms with van der Waals surface area (Å²) in [6, 6.07) is 40.2. The number of rotatable bonds is 6. The molecule has 57 heavy (non-hydrogen) atoms. The third kappa shape index (κ3) is 7.06. The molecule has 10 aromatic rings. The summed E-state index contributed by atoms with van der Waals surface area (Å²) >= 11 is 11.9. The zero-order chi connectivity index (χ0) is 39.0. The van der Waals surface area contributed by atoms with Crippen LogP contribution in [-0.2, 0) is 0 Å². The van der Waals surface area contributed by atoms with E-state index in [0.29, 0.717) is 15.7 Å². The molecule has 13 heteroatoms. The molecule has 4 aromatic heterocycles. The van der Waals surface area contributed by atoms with Crippen LogP contribution in [0.5, 0.6) is 0 Å². The second kappa shape index (κ2) is 14.9. The first kappa shape index (κ1) is 35.7. The summed E-state index contributed by atoms with van der Waals surface area (Å²) in [7, 11) is 0. The molecule has 0 aliphatic heterocycles. The summed E-state index contributed by atoms with van der Waals surface area (Å²) in [4.78, 5) is 8.87. The molecule has 0 fully saturated rings. The van der Waals surface area contributed by atoms with Crippen LogP contribution in [0.2, 0.25) is 10.0 Å². The Hall–Kier alpha value is -6.95. The molecule has 0 unspecified atom stereocenters. The van der Waals surface area contributed by atoms with E-state index in [1.54, 1.807) is 75.4 Å². The van der Waals surface area contributed by atoms with Gasteiger partial charge in [-0.05, 0) is 127 Å². The van der Waals surface area contributed by atoms with Gasteiger partial charge in [0.15, 0.2) is 0 Å². The summed E-state index contributed by atoms with van der Waals surface area (Å²) in [5, 5.41) is 9.79. The van der Waals surface area contributed by atoms with E-state index in [1.165, 1.54) is 30.3 Å². The van der Waals surface area contributed by atoms with Gasteiger partial charge in [-0.1, -0.05) is 35.3 Å². The van der Waals surface area contributed by atoms with Gasteiger partial charge in [0.1, 0.15) is 30.1 Å². The maximum atomic E-state index is 14.5. The van der Waals surface area contributed by atoms with Gasteiger partial charge in [-0.3, -0.25) is 9.13 Å². The van der Waals surface area contributed by atoms with Gasteiger partial charge in [0.25, 0.3) is 0 Å². The minimum Gasteiger partial charge on any atom is -0.299 e. The lowest BCUT2D eigenvalue weighted by atomic mass is 10.1. The SMILES string of the molecule is Fc1ccc(-n2nccc2-c2ccc3ncn(-c4ccc(Cl)cc4)c3c2)cc1.Fc1ccc(-n2nccc2-c2ccc3ncn(-c4ccc(Cl)cc4F)c3c2)cc1.